The highest BCUT2D eigenvalue weighted by Crippen LogP contribution is 2.18. The molecule has 5 heteroatoms. The van der Waals surface area contributed by atoms with E-state index in [1.54, 1.807) is 7.11 Å². The van der Waals surface area contributed by atoms with Gasteiger partial charge >= 0.3 is 0 Å². The fourth-order valence-electron chi connectivity index (χ4n) is 2.85. The summed E-state index contributed by atoms with van der Waals surface area (Å²) in [6.07, 6.45) is 1.19. The lowest BCUT2D eigenvalue weighted by atomic mass is 10.1. The molecule has 3 rings (SSSR count). The lowest BCUT2D eigenvalue weighted by Gasteiger charge is -2.28. The van der Waals surface area contributed by atoms with Crippen LogP contribution in [-0.4, -0.2) is 39.3 Å². The summed E-state index contributed by atoms with van der Waals surface area (Å²) in [5.41, 5.74) is 3.17. The number of carbonyl (C=O) groups is 1. The molecule has 25 heavy (non-hydrogen) atoms. The topological polar surface area (TPSA) is 50.8 Å². The van der Waals surface area contributed by atoms with Gasteiger partial charge in [-0.15, -0.1) is 0 Å². The number of carbonyl (C=O) groups excluding carboxylic acids is 1. The highest BCUT2D eigenvalue weighted by atomic mass is 16.5. The Morgan fingerprint density at radius 1 is 1.08 bits per heavy atom. The van der Waals surface area contributed by atoms with Gasteiger partial charge in [0.2, 0.25) is 5.91 Å². The largest absolute Gasteiger partial charge is 0.497 e. The van der Waals surface area contributed by atoms with E-state index in [4.69, 9.17) is 9.47 Å². The minimum Gasteiger partial charge on any atom is -0.497 e. The summed E-state index contributed by atoms with van der Waals surface area (Å²) in [7, 11) is 1.62. The van der Waals surface area contributed by atoms with Crippen LogP contribution in [0.3, 0.4) is 0 Å². The highest BCUT2D eigenvalue weighted by molar-refractivity contribution is 5.90. The molecule has 0 bridgehead atoms. The predicted octanol–water partition coefficient (Wildman–Crippen LogP) is 3.10. The maximum atomic E-state index is 12.1. The lowest BCUT2D eigenvalue weighted by molar-refractivity contribution is -0.116. The number of hydrogen-bond acceptors (Lipinski definition) is 4. The van der Waals surface area contributed by atoms with E-state index < -0.39 is 0 Å². The third-order valence-electron chi connectivity index (χ3n) is 4.33. The molecule has 0 saturated carbocycles. The molecule has 1 fully saturated rings. The van der Waals surface area contributed by atoms with Gasteiger partial charge in [-0.05, 0) is 48.4 Å². The van der Waals surface area contributed by atoms with Crippen molar-refractivity contribution < 1.29 is 14.3 Å². The molecular weight excluding hydrogens is 316 g/mol. The van der Waals surface area contributed by atoms with Crippen LogP contribution in [0, 0.1) is 0 Å². The second kappa shape index (κ2) is 8.53. The molecule has 1 aliphatic rings. The maximum Gasteiger partial charge on any atom is 0.224 e. The maximum absolute atomic E-state index is 12.1. The number of rotatable bonds is 6. The van der Waals surface area contributed by atoms with Crippen LogP contribution in [0.4, 0.5) is 11.4 Å². The van der Waals surface area contributed by atoms with Gasteiger partial charge in [-0.25, -0.2) is 0 Å². The number of amides is 1. The van der Waals surface area contributed by atoms with Crippen LogP contribution in [-0.2, 0) is 16.0 Å². The normalized spacial score (nSPS) is 14.2. The number of anilines is 2. The van der Waals surface area contributed by atoms with Gasteiger partial charge in [0, 0.05) is 30.9 Å². The molecule has 132 valence electrons. The molecule has 1 amide bonds. The number of nitrogens with zero attached hydrogens (tertiary/aromatic N) is 1. The molecule has 1 N–H and O–H groups in total. The van der Waals surface area contributed by atoms with Crippen LogP contribution in [0.15, 0.2) is 48.5 Å². The standard InChI is InChI=1S/C20H24N2O3/c1-24-19-9-5-17(6-10-19)21-20(23)11-4-16-2-7-18(8-3-16)22-12-14-25-15-13-22/h2-3,5-10H,4,11-15H2,1H3,(H,21,23). The first-order chi connectivity index (χ1) is 12.2. The zero-order chi connectivity index (χ0) is 17.5. The Labute approximate surface area is 148 Å². The molecule has 0 atom stereocenters. The Balaban J connectivity index is 1.47. The molecule has 1 saturated heterocycles. The van der Waals surface area contributed by atoms with Gasteiger partial charge in [0.25, 0.3) is 0 Å². The summed E-state index contributed by atoms with van der Waals surface area (Å²) in [5.74, 6) is 0.792. The molecule has 0 spiro atoms. The van der Waals surface area contributed by atoms with Crippen LogP contribution in [0.1, 0.15) is 12.0 Å². The number of hydrogen-bond donors (Lipinski definition) is 1. The van der Waals surface area contributed by atoms with Crippen molar-refractivity contribution in [1.29, 1.82) is 0 Å². The molecule has 2 aromatic rings. The Kier molecular flexibility index (Phi) is 5.90. The highest BCUT2D eigenvalue weighted by Gasteiger charge is 2.11. The summed E-state index contributed by atoms with van der Waals surface area (Å²) in [6, 6.07) is 15.8. The molecule has 5 nitrogen and oxygen atoms in total. The van der Waals surface area contributed by atoms with Gasteiger partial charge in [0.05, 0.1) is 20.3 Å². The average Bonchev–Trinajstić information content (AvgIpc) is 2.68. The van der Waals surface area contributed by atoms with Gasteiger partial charge in [-0.2, -0.15) is 0 Å². The summed E-state index contributed by atoms with van der Waals surface area (Å²) in [6.45, 7) is 3.44. The van der Waals surface area contributed by atoms with Crippen molar-refractivity contribution >= 4 is 17.3 Å². The van der Waals surface area contributed by atoms with Crippen LogP contribution in [0.2, 0.25) is 0 Å². The molecular formula is C20H24N2O3. The molecule has 0 aliphatic carbocycles. The number of ether oxygens (including phenoxy) is 2. The van der Waals surface area contributed by atoms with Crippen LogP contribution in [0.25, 0.3) is 0 Å². The Bertz CT molecular complexity index is 677. The number of nitrogens with one attached hydrogen (secondary N) is 1. The van der Waals surface area contributed by atoms with E-state index in [-0.39, 0.29) is 5.91 Å². The molecule has 0 unspecified atom stereocenters. The van der Waals surface area contributed by atoms with E-state index in [0.717, 1.165) is 44.2 Å². The first kappa shape index (κ1) is 17.3. The van der Waals surface area contributed by atoms with Gasteiger partial charge in [0.15, 0.2) is 0 Å². The van der Waals surface area contributed by atoms with Crippen molar-refractivity contribution in [3.05, 3.63) is 54.1 Å². The Morgan fingerprint density at radius 3 is 2.40 bits per heavy atom. The van der Waals surface area contributed by atoms with Gasteiger partial charge in [-0.3, -0.25) is 4.79 Å². The monoisotopic (exact) mass is 340 g/mol. The minimum absolute atomic E-state index is 0.0161. The Hall–Kier alpha value is -2.53. The van der Waals surface area contributed by atoms with Crippen molar-refractivity contribution in [3.63, 3.8) is 0 Å². The summed E-state index contributed by atoms with van der Waals surface area (Å²) >= 11 is 0. The molecule has 1 aliphatic heterocycles. The number of methoxy groups -OCH3 is 1. The predicted molar refractivity (Wildman–Crippen MR) is 99.4 cm³/mol. The van der Waals surface area contributed by atoms with Crippen LogP contribution in [0.5, 0.6) is 5.75 Å². The van der Waals surface area contributed by atoms with Crippen LogP contribution >= 0.6 is 0 Å². The fraction of sp³-hybridized carbons (Fsp3) is 0.350. The van der Waals surface area contributed by atoms with E-state index in [1.807, 2.05) is 24.3 Å². The van der Waals surface area contributed by atoms with Crippen molar-refractivity contribution in [3.8, 4) is 5.75 Å². The van der Waals surface area contributed by atoms with Crippen molar-refractivity contribution in [2.24, 2.45) is 0 Å². The average molecular weight is 340 g/mol. The number of benzene rings is 2. The van der Waals surface area contributed by atoms with E-state index in [2.05, 4.69) is 34.5 Å². The van der Waals surface area contributed by atoms with E-state index >= 15 is 0 Å². The van der Waals surface area contributed by atoms with Crippen molar-refractivity contribution in [2.45, 2.75) is 12.8 Å². The summed E-state index contributed by atoms with van der Waals surface area (Å²) in [4.78, 5) is 14.4. The molecule has 0 radical (unpaired) electrons. The third kappa shape index (κ3) is 4.97. The van der Waals surface area contributed by atoms with Crippen molar-refractivity contribution in [1.82, 2.24) is 0 Å². The van der Waals surface area contributed by atoms with E-state index in [9.17, 15) is 4.79 Å². The molecule has 1 heterocycles. The van der Waals surface area contributed by atoms with E-state index in [1.165, 1.54) is 11.3 Å². The van der Waals surface area contributed by atoms with Crippen LogP contribution < -0.4 is 15.0 Å². The summed E-state index contributed by atoms with van der Waals surface area (Å²) in [5, 5.41) is 2.91. The fourth-order valence-corrected chi connectivity index (χ4v) is 2.85. The van der Waals surface area contributed by atoms with Crippen molar-refractivity contribution in [2.75, 3.05) is 43.6 Å². The third-order valence-corrected chi connectivity index (χ3v) is 4.33. The molecule has 0 aromatic heterocycles. The zero-order valence-corrected chi connectivity index (χ0v) is 14.5. The first-order valence-corrected chi connectivity index (χ1v) is 8.60. The lowest BCUT2D eigenvalue weighted by Crippen LogP contribution is -2.36. The second-order valence-corrected chi connectivity index (χ2v) is 6.04. The van der Waals surface area contributed by atoms with Gasteiger partial charge in [0.1, 0.15) is 5.75 Å². The first-order valence-electron chi connectivity index (χ1n) is 8.60. The SMILES string of the molecule is COc1ccc(NC(=O)CCc2ccc(N3CCOCC3)cc2)cc1. The van der Waals surface area contributed by atoms with E-state index in [0.29, 0.717) is 6.42 Å². The zero-order valence-electron chi connectivity index (χ0n) is 14.5. The second-order valence-electron chi connectivity index (χ2n) is 6.04. The minimum atomic E-state index is 0.0161. The number of morpholine rings is 1. The summed E-state index contributed by atoms with van der Waals surface area (Å²) < 4.78 is 10.5. The van der Waals surface area contributed by atoms with Gasteiger partial charge in [-0.1, -0.05) is 12.1 Å². The molecule has 2 aromatic carbocycles. The Morgan fingerprint density at radius 2 is 1.76 bits per heavy atom. The number of aryl methyl sites for hydroxylation is 1. The quantitative estimate of drug-likeness (QED) is 0.878. The smallest absolute Gasteiger partial charge is 0.224 e. The van der Waals surface area contributed by atoms with Gasteiger partial charge < -0.3 is 19.7 Å².